The highest BCUT2D eigenvalue weighted by molar-refractivity contribution is 5.94. The molecule has 0 aliphatic carbocycles. The monoisotopic (exact) mass is 284 g/mol. The van der Waals surface area contributed by atoms with E-state index in [2.05, 4.69) is 10.4 Å². The molecule has 0 radical (unpaired) electrons. The molecule has 0 saturated heterocycles. The van der Waals surface area contributed by atoms with Crippen LogP contribution >= 0.6 is 0 Å². The second-order valence-corrected chi connectivity index (χ2v) is 4.64. The third-order valence-corrected chi connectivity index (χ3v) is 3.13. The minimum absolute atomic E-state index is 0.0599. The van der Waals surface area contributed by atoms with Crippen LogP contribution in [0.1, 0.15) is 0 Å². The molecule has 3 rings (SSSR count). The molecule has 0 spiro atoms. The second-order valence-electron chi connectivity index (χ2n) is 4.64. The Hall–Kier alpha value is -2.89. The van der Waals surface area contributed by atoms with Gasteiger partial charge in [-0.1, -0.05) is 18.2 Å². The van der Waals surface area contributed by atoms with Crippen molar-refractivity contribution in [3.8, 4) is 0 Å². The standard InChI is InChI=1S/C15H13FN4O/c16-11-5-6-13(12(17)7-11)19-15(21)9-20-14-4-2-1-3-10(14)8-18-20/h1-8H,9,17H2,(H,19,21). The number of amides is 1. The predicted octanol–water partition coefficient (Wildman–Crippen LogP) is 2.40. The van der Waals surface area contributed by atoms with Gasteiger partial charge < -0.3 is 11.1 Å². The largest absolute Gasteiger partial charge is 0.397 e. The Morgan fingerprint density at radius 2 is 2.10 bits per heavy atom. The normalized spacial score (nSPS) is 10.7. The van der Waals surface area contributed by atoms with Gasteiger partial charge in [0.1, 0.15) is 12.4 Å². The van der Waals surface area contributed by atoms with E-state index in [9.17, 15) is 9.18 Å². The highest BCUT2D eigenvalue weighted by Gasteiger charge is 2.09. The Morgan fingerprint density at radius 3 is 2.90 bits per heavy atom. The Bertz CT molecular complexity index is 812. The summed E-state index contributed by atoms with van der Waals surface area (Å²) in [5.74, 6) is -0.717. The molecule has 1 amide bonds. The van der Waals surface area contributed by atoms with Crippen molar-refractivity contribution in [2.75, 3.05) is 11.1 Å². The summed E-state index contributed by atoms with van der Waals surface area (Å²) in [6.07, 6.45) is 1.70. The third kappa shape index (κ3) is 2.69. The van der Waals surface area contributed by atoms with Crippen molar-refractivity contribution in [3.63, 3.8) is 0 Å². The number of nitrogens with zero attached hydrogens (tertiary/aromatic N) is 2. The molecule has 1 aromatic heterocycles. The van der Waals surface area contributed by atoms with Gasteiger partial charge in [0.25, 0.3) is 0 Å². The minimum atomic E-state index is -0.441. The maximum absolute atomic E-state index is 13.0. The number of fused-ring (bicyclic) bond motifs is 1. The summed E-state index contributed by atoms with van der Waals surface area (Å²) >= 11 is 0. The average molecular weight is 284 g/mol. The summed E-state index contributed by atoms with van der Waals surface area (Å²) in [4.78, 5) is 12.0. The Labute approximate surface area is 120 Å². The van der Waals surface area contributed by atoms with Gasteiger partial charge in [0.05, 0.1) is 23.1 Å². The topological polar surface area (TPSA) is 72.9 Å². The maximum atomic E-state index is 13.0. The summed E-state index contributed by atoms with van der Waals surface area (Å²) in [7, 11) is 0. The molecule has 0 aliphatic heterocycles. The lowest BCUT2D eigenvalue weighted by molar-refractivity contribution is -0.116. The second kappa shape index (κ2) is 5.24. The van der Waals surface area contributed by atoms with E-state index in [1.54, 1.807) is 10.9 Å². The van der Waals surface area contributed by atoms with Crippen LogP contribution in [0.5, 0.6) is 0 Å². The molecular weight excluding hydrogens is 271 g/mol. The highest BCUT2D eigenvalue weighted by Crippen LogP contribution is 2.19. The number of nitrogen functional groups attached to an aromatic ring is 1. The number of aromatic nitrogens is 2. The number of anilines is 2. The molecule has 5 nitrogen and oxygen atoms in total. The number of halogens is 1. The van der Waals surface area contributed by atoms with Crippen LogP contribution in [0.3, 0.4) is 0 Å². The number of carbonyl (C=O) groups is 1. The molecule has 6 heteroatoms. The van der Waals surface area contributed by atoms with Gasteiger partial charge in [-0.15, -0.1) is 0 Å². The molecule has 1 heterocycles. The van der Waals surface area contributed by atoms with Gasteiger partial charge in [0, 0.05) is 5.39 Å². The summed E-state index contributed by atoms with van der Waals surface area (Å²) in [5, 5.41) is 7.79. The zero-order valence-electron chi connectivity index (χ0n) is 11.1. The van der Waals surface area contributed by atoms with Crippen LogP contribution in [0.4, 0.5) is 15.8 Å². The maximum Gasteiger partial charge on any atom is 0.246 e. The molecule has 0 aliphatic rings. The van der Waals surface area contributed by atoms with Crippen LogP contribution in [0.2, 0.25) is 0 Å². The number of carbonyl (C=O) groups excluding carboxylic acids is 1. The SMILES string of the molecule is Nc1cc(F)ccc1NC(=O)Cn1ncc2ccccc21. The smallest absolute Gasteiger partial charge is 0.246 e. The van der Waals surface area contributed by atoms with Gasteiger partial charge >= 0.3 is 0 Å². The minimum Gasteiger partial charge on any atom is -0.397 e. The number of hydrogen-bond donors (Lipinski definition) is 2. The van der Waals surface area contributed by atoms with Crippen LogP contribution in [0.25, 0.3) is 10.9 Å². The molecule has 106 valence electrons. The Balaban J connectivity index is 1.77. The fourth-order valence-electron chi connectivity index (χ4n) is 2.13. The van der Waals surface area contributed by atoms with Crippen molar-refractivity contribution in [1.29, 1.82) is 0 Å². The molecule has 0 fully saturated rings. The number of hydrogen-bond acceptors (Lipinski definition) is 3. The van der Waals surface area contributed by atoms with Crippen molar-refractivity contribution >= 4 is 28.2 Å². The zero-order valence-corrected chi connectivity index (χ0v) is 11.1. The lowest BCUT2D eigenvalue weighted by atomic mass is 10.2. The number of para-hydroxylation sites is 1. The van der Waals surface area contributed by atoms with Gasteiger partial charge in [-0.2, -0.15) is 5.10 Å². The van der Waals surface area contributed by atoms with Gasteiger partial charge in [-0.25, -0.2) is 4.39 Å². The van der Waals surface area contributed by atoms with Crippen LogP contribution in [0.15, 0.2) is 48.7 Å². The fourth-order valence-corrected chi connectivity index (χ4v) is 2.13. The first-order valence-electron chi connectivity index (χ1n) is 6.39. The van der Waals surface area contributed by atoms with E-state index >= 15 is 0 Å². The number of nitrogens with one attached hydrogen (secondary N) is 1. The predicted molar refractivity (Wildman–Crippen MR) is 79.2 cm³/mol. The van der Waals surface area contributed by atoms with E-state index in [0.717, 1.165) is 10.9 Å². The summed E-state index contributed by atoms with van der Waals surface area (Å²) in [5.41, 5.74) is 7.11. The van der Waals surface area contributed by atoms with Crippen molar-refractivity contribution in [1.82, 2.24) is 9.78 Å². The van der Waals surface area contributed by atoms with E-state index in [1.165, 1.54) is 18.2 Å². The van der Waals surface area contributed by atoms with Gasteiger partial charge in [0.15, 0.2) is 0 Å². The van der Waals surface area contributed by atoms with Crippen LogP contribution in [-0.4, -0.2) is 15.7 Å². The number of benzene rings is 2. The molecule has 0 saturated carbocycles. The van der Waals surface area contributed by atoms with Crippen molar-refractivity contribution < 1.29 is 9.18 Å². The molecule has 0 atom stereocenters. The molecule has 2 aromatic carbocycles. The summed E-state index contributed by atoms with van der Waals surface area (Å²) < 4.78 is 14.6. The van der Waals surface area contributed by atoms with Gasteiger partial charge in [0.2, 0.25) is 5.91 Å². The number of rotatable bonds is 3. The van der Waals surface area contributed by atoms with E-state index in [0.29, 0.717) is 5.69 Å². The number of nitrogens with two attached hydrogens (primary N) is 1. The van der Waals surface area contributed by atoms with E-state index < -0.39 is 5.82 Å². The lowest BCUT2D eigenvalue weighted by Gasteiger charge is -2.08. The van der Waals surface area contributed by atoms with Gasteiger partial charge in [-0.3, -0.25) is 9.48 Å². The summed E-state index contributed by atoms with van der Waals surface area (Å²) in [6.45, 7) is 0.0599. The van der Waals surface area contributed by atoms with E-state index in [4.69, 9.17) is 5.73 Å². The zero-order chi connectivity index (χ0) is 14.8. The van der Waals surface area contributed by atoms with Crippen molar-refractivity contribution in [2.24, 2.45) is 0 Å². The highest BCUT2D eigenvalue weighted by atomic mass is 19.1. The first-order chi connectivity index (χ1) is 10.1. The van der Waals surface area contributed by atoms with Crippen LogP contribution < -0.4 is 11.1 Å². The van der Waals surface area contributed by atoms with E-state index in [1.807, 2.05) is 24.3 Å². The third-order valence-electron chi connectivity index (χ3n) is 3.13. The van der Waals surface area contributed by atoms with Crippen molar-refractivity contribution in [3.05, 3.63) is 54.5 Å². The Kier molecular flexibility index (Phi) is 3.27. The van der Waals surface area contributed by atoms with Crippen LogP contribution in [0, 0.1) is 5.82 Å². The molecule has 0 bridgehead atoms. The van der Waals surface area contributed by atoms with Gasteiger partial charge in [-0.05, 0) is 24.3 Å². The Morgan fingerprint density at radius 1 is 1.29 bits per heavy atom. The molecule has 0 unspecified atom stereocenters. The first kappa shape index (κ1) is 13.1. The van der Waals surface area contributed by atoms with Crippen molar-refractivity contribution in [2.45, 2.75) is 6.54 Å². The average Bonchev–Trinajstić information content (AvgIpc) is 2.85. The first-order valence-corrected chi connectivity index (χ1v) is 6.39. The molecule has 21 heavy (non-hydrogen) atoms. The molecule has 3 aromatic rings. The molecular formula is C15H13FN4O. The van der Waals surface area contributed by atoms with E-state index in [-0.39, 0.29) is 18.1 Å². The lowest BCUT2D eigenvalue weighted by Crippen LogP contribution is -2.20. The van der Waals surface area contributed by atoms with Crippen LogP contribution in [-0.2, 0) is 11.3 Å². The fraction of sp³-hybridized carbons (Fsp3) is 0.0667. The summed E-state index contributed by atoms with van der Waals surface area (Å²) in [6, 6.07) is 11.5. The molecule has 3 N–H and O–H groups in total. The quantitative estimate of drug-likeness (QED) is 0.725.